The molecule has 7 nitrogen and oxygen atoms in total. The molecule has 1 unspecified atom stereocenters. The van der Waals surface area contributed by atoms with E-state index in [1.807, 2.05) is 68.4 Å². The molecule has 0 bridgehead atoms. The number of likely N-dealkylation sites (N-methyl/N-ethyl adjacent to an activating group) is 1. The monoisotopic (exact) mass is 603 g/mol. The Morgan fingerprint density at radius 1 is 0.833 bits per heavy atom. The predicted molar refractivity (Wildman–Crippen MR) is 167 cm³/mol. The highest BCUT2D eigenvalue weighted by Gasteiger charge is 2.34. The van der Waals surface area contributed by atoms with E-state index in [9.17, 15) is 18.0 Å². The van der Waals surface area contributed by atoms with Crippen LogP contribution in [0.5, 0.6) is 0 Å². The molecule has 0 heterocycles. The minimum absolute atomic E-state index is 0.00153. The number of aryl methyl sites for hydroxylation is 1. The Morgan fingerprint density at radius 3 is 2.07 bits per heavy atom. The van der Waals surface area contributed by atoms with E-state index in [1.54, 1.807) is 30.3 Å². The first-order chi connectivity index (χ1) is 20.2. The molecule has 0 saturated carbocycles. The van der Waals surface area contributed by atoms with Gasteiger partial charge in [0.2, 0.25) is 11.8 Å². The molecule has 0 aromatic heterocycles. The molecule has 1 atom stereocenters. The van der Waals surface area contributed by atoms with Gasteiger partial charge in [-0.15, -0.1) is 0 Å². The lowest BCUT2D eigenvalue weighted by molar-refractivity contribution is -0.140. The molecule has 218 valence electrons. The van der Waals surface area contributed by atoms with E-state index in [1.165, 1.54) is 29.2 Å². The number of rotatable bonds is 12. The first-order valence-electron chi connectivity index (χ1n) is 13.7. The summed E-state index contributed by atoms with van der Waals surface area (Å²) in [7, 11) is -4.17. The summed E-state index contributed by atoms with van der Waals surface area (Å²) in [6.45, 7) is 3.78. The number of hydrogen-bond donors (Lipinski definition) is 1. The summed E-state index contributed by atoms with van der Waals surface area (Å²) in [5.41, 5.74) is 3.05. The van der Waals surface area contributed by atoms with E-state index in [4.69, 9.17) is 11.6 Å². The van der Waals surface area contributed by atoms with Gasteiger partial charge in [0, 0.05) is 24.5 Å². The molecule has 0 fully saturated rings. The number of halogens is 1. The highest BCUT2D eigenvalue weighted by molar-refractivity contribution is 7.92. The Hall–Kier alpha value is -4.14. The van der Waals surface area contributed by atoms with Crippen LogP contribution in [-0.2, 0) is 32.6 Å². The van der Waals surface area contributed by atoms with Crippen LogP contribution in [0.3, 0.4) is 0 Å². The number of carbonyl (C=O) groups excluding carboxylic acids is 2. The lowest BCUT2D eigenvalue weighted by atomic mass is 10.0. The Kier molecular flexibility index (Phi) is 10.4. The van der Waals surface area contributed by atoms with Crippen molar-refractivity contribution >= 4 is 39.1 Å². The molecule has 0 aliphatic rings. The van der Waals surface area contributed by atoms with Crippen molar-refractivity contribution in [3.05, 3.63) is 131 Å². The Morgan fingerprint density at radius 2 is 1.45 bits per heavy atom. The number of carbonyl (C=O) groups is 2. The fourth-order valence-electron chi connectivity index (χ4n) is 4.71. The zero-order chi connectivity index (χ0) is 30.1. The number of sulfonamides is 1. The number of nitrogens with one attached hydrogen (secondary N) is 1. The maximum atomic E-state index is 14.3. The van der Waals surface area contributed by atoms with Gasteiger partial charge in [0.05, 0.1) is 10.6 Å². The van der Waals surface area contributed by atoms with Crippen LogP contribution < -0.4 is 9.62 Å². The van der Waals surface area contributed by atoms with Gasteiger partial charge in [-0.05, 0) is 61.4 Å². The highest BCUT2D eigenvalue weighted by atomic mass is 35.5. The van der Waals surface area contributed by atoms with Gasteiger partial charge < -0.3 is 10.2 Å². The third-order valence-electron chi connectivity index (χ3n) is 6.78. The topological polar surface area (TPSA) is 86.8 Å². The number of benzene rings is 4. The van der Waals surface area contributed by atoms with Gasteiger partial charge in [0.1, 0.15) is 12.6 Å². The summed E-state index contributed by atoms with van der Waals surface area (Å²) in [6.07, 6.45) is 0.263. The van der Waals surface area contributed by atoms with Crippen LogP contribution in [0.1, 0.15) is 23.6 Å². The van der Waals surface area contributed by atoms with Crippen LogP contribution in [0, 0.1) is 6.92 Å². The lowest BCUT2D eigenvalue weighted by Crippen LogP contribution is -2.53. The smallest absolute Gasteiger partial charge is 0.264 e. The van der Waals surface area contributed by atoms with Gasteiger partial charge in [0.15, 0.2) is 0 Å². The minimum atomic E-state index is -4.17. The van der Waals surface area contributed by atoms with Crippen LogP contribution in [0.4, 0.5) is 5.69 Å². The third-order valence-corrected chi connectivity index (χ3v) is 8.82. The molecule has 4 aromatic carbocycles. The Bertz CT molecular complexity index is 1600. The second-order valence-corrected chi connectivity index (χ2v) is 12.2. The van der Waals surface area contributed by atoms with E-state index < -0.39 is 28.5 Å². The number of anilines is 1. The quantitative estimate of drug-likeness (QED) is 0.228. The molecule has 4 aromatic rings. The molecule has 2 amide bonds. The molecule has 9 heteroatoms. The van der Waals surface area contributed by atoms with Gasteiger partial charge in [0.25, 0.3) is 10.0 Å². The summed E-state index contributed by atoms with van der Waals surface area (Å²) in [6, 6.07) is 30.6. The number of para-hydroxylation sites is 1. The van der Waals surface area contributed by atoms with Gasteiger partial charge >= 0.3 is 0 Å². The zero-order valence-corrected chi connectivity index (χ0v) is 25.2. The van der Waals surface area contributed by atoms with E-state index in [0.29, 0.717) is 17.3 Å². The number of hydrogen-bond acceptors (Lipinski definition) is 4. The zero-order valence-electron chi connectivity index (χ0n) is 23.6. The Labute approximate surface area is 252 Å². The van der Waals surface area contributed by atoms with Crippen molar-refractivity contribution in [2.75, 3.05) is 17.4 Å². The van der Waals surface area contributed by atoms with Crippen molar-refractivity contribution in [1.29, 1.82) is 0 Å². The first kappa shape index (κ1) is 30.8. The molecule has 0 aliphatic carbocycles. The van der Waals surface area contributed by atoms with E-state index in [-0.39, 0.29) is 23.8 Å². The van der Waals surface area contributed by atoms with Crippen molar-refractivity contribution in [2.45, 2.75) is 37.8 Å². The number of amides is 2. The van der Waals surface area contributed by atoms with Gasteiger partial charge in [-0.25, -0.2) is 8.42 Å². The molecule has 1 N–H and O–H groups in total. The van der Waals surface area contributed by atoms with Crippen LogP contribution in [0.15, 0.2) is 114 Å². The summed E-state index contributed by atoms with van der Waals surface area (Å²) in [4.78, 5) is 29.3. The third kappa shape index (κ3) is 7.78. The molecule has 4 rings (SSSR count). The van der Waals surface area contributed by atoms with Gasteiger partial charge in [-0.1, -0.05) is 90.0 Å². The minimum Gasteiger partial charge on any atom is -0.355 e. The summed E-state index contributed by atoms with van der Waals surface area (Å²) in [5.74, 6) is -0.820. The summed E-state index contributed by atoms with van der Waals surface area (Å²) < 4.78 is 29.0. The van der Waals surface area contributed by atoms with Crippen LogP contribution in [-0.4, -0.2) is 44.3 Å². The SMILES string of the molecule is CCNC(=O)C(Cc1ccccc1)N(Cc1cccc(C)c1)C(=O)CN(c1ccccc1)S(=O)(=O)c1ccc(Cl)cc1. The van der Waals surface area contributed by atoms with Crippen molar-refractivity contribution in [3.63, 3.8) is 0 Å². The average Bonchev–Trinajstić information content (AvgIpc) is 2.99. The molecule has 0 aliphatic heterocycles. The second kappa shape index (κ2) is 14.2. The largest absolute Gasteiger partial charge is 0.355 e. The lowest BCUT2D eigenvalue weighted by Gasteiger charge is -2.34. The summed E-state index contributed by atoms with van der Waals surface area (Å²) >= 11 is 6.02. The summed E-state index contributed by atoms with van der Waals surface area (Å²) in [5, 5.41) is 3.26. The highest BCUT2D eigenvalue weighted by Crippen LogP contribution is 2.26. The van der Waals surface area contributed by atoms with Gasteiger partial charge in [-0.3, -0.25) is 13.9 Å². The molecule has 0 saturated heterocycles. The van der Waals surface area contributed by atoms with Crippen molar-refractivity contribution < 1.29 is 18.0 Å². The fourth-order valence-corrected chi connectivity index (χ4v) is 6.25. The molecular weight excluding hydrogens is 570 g/mol. The van der Waals surface area contributed by atoms with E-state index in [0.717, 1.165) is 21.0 Å². The van der Waals surface area contributed by atoms with Crippen LogP contribution in [0.2, 0.25) is 5.02 Å². The van der Waals surface area contributed by atoms with Crippen molar-refractivity contribution in [2.24, 2.45) is 0 Å². The predicted octanol–water partition coefficient (Wildman–Crippen LogP) is 5.62. The van der Waals surface area contributed by atoms with Crippen LogP contribution >= 0.6 is 11.6 Å². The first-order valence-corrected chi connectivity index (χ1v) is 15.5. The maximum absolute atomic E-state index is 14.3. The molecule has 42 heavy (non-hydrogen) atoms. The van der Waals surface area contributed by atoms with E-state index >= 15 is 0 Å². The standard InChI is InChI=1S/C33H34ClN3O4S/c1-3-35-33(39)31(22-26-12-6-4-7-13-26)36(23-27-14-10-11-25(2)21-27)32(38)24-37(29-15-8-5-9-16-29)42(40,41)30-19-17-28(34)18-20-30/h4-21,31H,3,22-24H2,1-2H3,(H,35,39). The second-order valence-electron chi connectivity index (χ2n) is 9.91. The molecule has 0 spiro atoms. The van der Waals surface area contributed by atoms with Crippen molar-refractivity contribution in [1.82, 2.24) is 10.2 Å². The molecule has 0 radical (unpaired) electrons. The van der Waals surface area contributed by atoms with Crippen LogP contribution in [0.25, 0.3) is 0 Å². The van der Waals surface area contributed by atoms with Gasteiger partial charge in [-0.2, -0.15) is 0 Å². The Balaban J connectivity index is 1.78. The van der Waals surface area contributed by atoms with Crippen molar-refractivity contribution in [3.8, 4) is 0 Å². The normalized spacial score (nSPS) is 11.9. The average molecular weight is 604 g/mol. The number of nitrogens with zero attached hydrogens (tertiary/aromatic N) is 2. The molecular formula is C33H34ClN3O4S. The maximum Gasteiger partial charge on any atom is 0.264 e. The fraction of sp³-hybridized carbons (Fsp3) is 0.212. The van der Waals surface area contributed by atoms with E-state index in [2.05, 4.69) is 5.32 Å².